The summed E-state index contributed by atoms with van der Waals surface area (Å²) in [6.07, 6.45) is 4.57. The SMILES string of the molecule is CCc1cc(CC(N)C2CN3CCCC3CO2)n(CC)n1. The fourth-order valence-corrected chi connectivity index (χ4v) is 3.60. The third-order valence-corrected chi connectivity index (χ3v) is 4.91. The monoisotopic (exact) mass is 292 g/mol. The molecule has 118 valence electrons. The molecule has 0 aliphatic carbocycles. The second-order valence-electron chi connectivity index (χ2n) is 6.33. The van der Waals surface area contributed by atoms with Crippen LogP contribution in [-0.4, -0.2) is 52.6 Å². The van der Waals surface area contributed by atoms with Crippen LogP contribution in [0, 0.1) is 0 Å². The van der Waals surface area contributed by atoms with Crippen LogP contribution >= 0.6 is 0 Å². The Morgan fingerprint density at radius 3 is 3.10 bits per heavy atom. The summed E-state index contributed by atoms with van der Waals surface area (Å²) in [6, 6.07) is 2.89. The third kappa shape index (κ3) is 3.15. The highest BCUT2D eigenvalue weighted by atomic mass is 16.5. The molecular weight excluding hydrogens is 264 g/mol. The van der Waals surface area contributed by atoms with Gasteiger partial charge in [0.25, 0.3) is 0 Å². The molecule has 0 bridgehead atoms. The van der Waals surface area contributed by atoms with Crippen molar-refractivity contribution in [2.45, 2.75) is 64.3 Å². The van der Waals surface area contributed by atoms with E-state index in [1.807, 2.05) is 0 Å². The van der Waals surface area contributed by atoms with Gasteiger partial charge in [0.15, 0.2) is 0 Å². The molecule has 3 rings (SSSR count). The lowest BCUT2D eigenvalue weighted by Crippen LogP contribution is -2.53. The highest BCUT2D eigenvalue weighted by Gasteiger charge is 2.34. The van der Waals surface area contributed by atoms with Gasteiger partial charge < -0.3 is 10.5 Å². The number of hydrogen-bond donors (Lipinski definition) is 1. The van der Waals surface area contributed by atoms with Crippen LogP contribution in [0.3, 0.4) is 0 Å². The number of nitrogens with zero attached hydrogens (tertiary/aromatic N) is 3. The van der Waals surface area contributed by atoms with Crippen molar-refractivity contribution in [3.8, 4) is 0 Å². The topological polar surface area (TPSA) is 56.3 Å². The Hall–Kier alpha value is -0.910. The van der Waals surface area contributed by atoms with Crippen molar-refractivity contribution < 1.29 is 4.74 Å². The summed E-state index contributed by atoms with van der Waals surface area (Å²) in [4.78, 5) is 2.56. The van der Waals surface area contributed by atoms with Crippen molar-refractivity contribution >= 4 is 0 Å². The molecule has 5 heteroatoms. The second-order valence-corrected chi connectivity index (χ2v) is 6.33. The lowest BCUT2D eigenvalue weighted by Gasteiger charge is -2.37. The van der Waals surface area contributed by atoms with Crippen LogP contribution in [-0.2, 0) is 24.1 Å². The maximum Gasteiger partial charge on any atom is 0.0857 e. The first-order valence-corrected chi connectivity index (χ1v) is 8.38. The Morgan fingerprint density at radius 1 is 1.48 bits per heavy atom. The van der Waals surface area contributed by atoms with Crippen molar-refractivity contribution in [2.24, 2.45) is 5.73 Å². The van der Waals surface area contributed by atoms with E-state index < -0.39 is 0 Å². The van der Waals surface area contributed by atoms with Crippen molar-refractivity contribution in [3.63, 3.8) is 0 Å². The Balaban J connectivity index is 1.63. The molecule has 5 nitrogen and oxygen atoms in total. The van der Waals surface area contributed by atoms with Gasteiger partial charge in [-0.2, -0.15) is 5.10 Å². The van der Waals surface area contributed by atoms with E-state index in [1.165, 1.54) is 25.1 Å². The number of morpholine rings is 1. The highest BCUT2D eigenvalue weighted by Crippen LogP contribution is 2.24. The summed E-state index contributed by atoms with van der Waals surface area (Å²) in [7, 11) is 0. The standard InChI is InChI=1S/C16H28N4O/c1-3-12-8-14(20(4-2)18-12)9-15(17)16-10-19-7-5-6-13(19)11-21-16/h8,13,15-16H,3-7,9-11,17H2,1-2H3. The van der Waals surface area contributed by atoms with Gasteiger partial charge in [-0.05, 0) is 38.8 Å². The molecular formula is C16H28N4O. The Labute approximate surface area is 127 Å². The molecule has 1 aromatic heterocycles. The zero-order chi connectivity index (χ0) is 14.8. The van der Waals surface area contributed by atoms with E-state index in [9.17, 15) is 0 Å². The van der Waals surface area contributed by atoms with Crippen LogP contribution < -0.4 is 5.73 Å². The molecule has 2 aliphatic rings. The minimum Gasteiger partial charge on any atom is -0.374 e. The molecule has 0 spiro atoms. The molecule has 3 heterocycles. The maximum absolute atomic E-state index is 6.44. The van der Waals surface area contributed by atoms with E-state index in [-0.39, 0.29) is 12.1 Å². The quantitative estimate of drug-likeness (QED) is 0.886. The lowest BCUT2D eigenvalue weighted by molar-refractivity contribution is -0.0591. The Bertz CT molecular complexity index is 473. The van der Waals surface area contributed by atoms with Crippen molar-refractivity contribution in [1.82, 2.24) is 14.7 Å². The summed E-state index contributed by atoms with van der Waals surface area (Å²) in [5.41, 5.74) is 8.84. The maximum atomic E-state index is 6.44. The minimum absolute atomic E-state index is 0.0539. The first kappa shape index (κ1) is 15.0. The van der Waals surface area contributed by atoms with Gasteiger partial charge >= 0.3 is 0 Å². The minimum atomic E-state index is 0.0539. The van der Waals surface area contributed by atoms with Crippen LogP contribution in [0.25, 0.3) is 0 Å². The van der Waals surface area contributed by atoms with Crippen LogP contribution in [0.15, 0.2) is 6.07 Å². The summed E-state index contributed by atoms with van der Waals surface area (Å²) in [6.45, 7) is 8.24. The van der Waals surface area contributed by atoms with Crippen LogP contribution in [0.4, 0.5) is 0 Å². The van der Waals surface area contributed by atoms with Crippen molar-refractivity contribution in [1.29, 1.82) is 0 Å². The highest BCUT2D eigenvalue weighted by molar-refractivity contribution is 5.12. The van der Waals surface area contributed by atoms with Gasteiger partial charge in [-0.3, -0.25) is 9.58 Å². The fraction of sp³-hybridized carbons (Fsp3) is 0.812. The van der Waals surface area contributed by atoms with Crippen LogP contribution in [0.1, 0.15) is 38.1 Å². The average molecular weight is 292 g/mol. The average Bonchev–Trinajstić information content (AvgIpc) is 3.12. The molecule has 0 amide bonds. The summed E-state index contributed by atoms with van der Waals surface area (Å²) >= 11 is 0. The number of nitrogens with two attached hydrogens (primary N) is 1. The second kappa shape index (κ2) is 6.46. The van der Waals surface area contributed by atoms with E-state index in [1.54, 1.807) is 0 Å². The van der Waals surface area contributed by atoms with Gasteiger partial charge in [0.1, 0.15) is 0 Å². The molecule has 3 unspecified atom stereocenters. The van der Waals surface area contributed by atoms with Crippen LogP contribution in [0.5, 0.6) is 0 Å². The smallest absolute Gasteiger partial charge is 0.0857 e. The Kier molecular flexibility index (Phi) is 4.62. The third-order valence-electron chi connectivity index (χ3n) is 4.91. The molecule has 0 radical (unpaired) electrons. The van der Waals surface area contributed by atoms with E-state index >= 15 is 0 Å². The first-order valence-electron chi connectivity index (χ1n) is 8.38. The number of aromatic nitrogens is 2. The molecule has 0 saturated carbocycles. The molecule has 3 atom stereocenters. The Morgan fingerprint density at radius 2 is 2.33 bits per heavy atom. The van der Waals surface area contributed by atoms with Gasteiger partial charge in [-0.25, -0.2) is 0 Å². The largest absolute Gasteiger partial charge is 0.374 e. The summed E-state index contributed by atoms with van der Waals surface area (Å²) in [5, 5.41) is 4.61. The molecule has 2 N–H and O–H groups in total. The normalized spacial score (nSPS) is 27.8. The predicted octanol–water partition coefficient (Wildman–Crippen LogP) is 1.20. The fourth-order valence-electron chi connectivity index (χ4n) is 3.60. The van der Waals surface area contributed by atoms with Crippen LogP contribution in [0.2, 0.25) is 0 Å². The summed E-state index contributed by atoms with van der Waals surface area (Å²) < 4.78 is 8.12. The number of rotatable bonds is 5. The predicted molar refractivity (Wildman–Crippen MR) is 83.3 cm³/mol. The van der Waals surface area contributed by atoms with E-state index in [4.69, 9.17) is 10.5 Å². The van der Waals surface area contributed by atoms with Gasteiger partial charge in [-0.1, -0.05) is 6.92 Å². The van der Waals surface area contributed by atoms with Gasteiger partial charge in [-0.15, -0.1) is 0 Å². The van der Waals surface area contributed by atoms with E-state index in [0.717, 1.165) is 38.2 Å². The van der Waals surface area contributed by atoms with E-state index in [0.29, 0.717) is 6.04 Å². The zero-order valence-electron chi connectivity index (χ0n) is 13.3. The molecule has 0 aromatic carbocycles. The molecule has 1 aromatic rings. The first-order chi connectivity index (χ1) is 10.2. The van der Waals surface area contributed by atoms with Crippen molar-refractivity contribution in [3.05, 3.63) is 17.5 Å². The van der Waals surface area contributed by atoms with Gasteiger partial charge in [0.2, 0.25) is 0 Å². The molecule has 2 saturated heterocycles. The number of hydrogen-bond acceptors (Lipinski definition) is 4. The van der Waals surface area contributed by atoms with Gasteiger partial charge in [0.05, 0.1) is 18.4 Å². The zero-order valence-corrected chi connectivity index (χ0v) is 13.3. The molecule has 2 aliphatic heterocycles. The van der Waals surface area contributed by atoms with E-state index in [2.05, 4.69) is 34.6 Å². The molecule has 2 fully saturated rings. The number of ether oxygens (including phenoxy) is 1. The number of aryl methyl sites for hydroxylation is 2. The summed E-state index contributed by atoms with van der Waals surface area (Å²) in [5.74, 6) is 0. The van der Waals surface area contributed by atoms with Gasteiger partial charge in [0, 0.05) is 37.3 Å². The molecule has 21 heavy (non-hydrogen) atoms. The number of fused-ring (bicyclic) bond motifs is 1. The lowest BCUT2D eigenvalue weighted by atomic mass is 10.0. The van der Waals surface area contributed by atoms with Crippen molar-refractivity contribution in [2.75, 3.05) is 19.7 Å².